The molecule has 0 amide bonds. The Kier molecular flexibility index (Phi) is 5.78. The van der Waals surface area contributed by atoms with Crippen LogP contribution in [0, 0.1) is 11.8 Å². The highest BCUT2D eigenvalue weighted by Gasteiger charge is 1.96. The van der Waals surface area contributed by atoms with Crippen LogP contribution in [-0.4, -0.2) is 14.5 Å². The summed E-state index contributed by atoms with van der Waals surface area (Å²) in [5.74, 6) is 6.25. The standard InChI is InChI=1S/C18H21N3/c1-3-5-6-12-21-14-18(20-15-21)9-8-16-10-11-19-17(13-16)7-4-2/h4,10-11,13-15H,2-3,5-7,12H2,1H3. The molecule has 0 radical (unpaired) electrons. The van der Waals surface area contributed by atoms with E-state index in [9.17, 15) is 0 Å². The quantitative estimate of drug-likeness (QED) is 0.459. The first-order valence-electron chi connectivity index (χ1n) is 7.41. The maximum Gasteiger partial charge on any atom is 0.131 e. The van der Waals surface area contributed by atoms with Crippen LogP contribution < -0.4 is 0 Å². The number of imidazole rings is 1. The number of aromatic nitrogens is 3. The number of rotatable bonds is 6. The van der Waals surface area contributed by atoms with Gasteiger partial charge in [0.25, 0.3) is 0 Å². The number of unbranched alkanes of at least 4 members (excludes halogenated alkanes) is 2. The lowest BCUT2D eigenvalue weighted by Gasteiger charge is -1.98. The Balaban J connectivity index is 2.01. The minimum atomic E-state index is 0.765. The van der Waals surface area contributed by atoms with Crippen molar-refractivity contribution >= 4 is 0 Å². The van der Waals surface area contributed by atoms with Crippen molar-refractivity contribution in [1.82, 2.24) is 14.5 Å². The Morgan fingerprint density at radius 1 is 1.29 bits per heavy atom. The van der Waals surface area contributed by atoms with Gasteiger partial charge in [-0.25, -0.2) is 4.98 Å². The molecule has 0 saturated heterocycles. The summed E-state index contributed by atoms with van der Waals surface area (Å²) in [6, 6.07) is 3.91. The van der Waals surface area contributed by atoms with Gasteiger partial charge in [-0.15, -0.1) is 6.58 Å². The zero-order chi connectivity index (χ0) is 14.9. The number of hydrogen-bond donors (Lipinski definition) is 0. The molecule has 3 heteroatoms. The van der Waals surface area contributed by atoms with Gasteiger partial charge in [0, 0.05) is 36.6 Å². The van der Waals surface area contributed by atoms with Gasteiger partial charge in [-0.3, -0.25) is 4.98 Å². The third-order valence-corrected chi connectivity index (χ3v) is 3.16. The Morgan fingerprint density at radius 3 is 3.00 bits per heavy atom. The molecule has 21 heavy (non-hydrogen) atoms. The van der Waals surface area contributed by atoms with Gasteiger partial charge in [0.05, 0.1) is 6.33 Å². The molecule has 0 bridgehead atoms. The molecular formula is C18H21N3. The van der Waals surface area contributed by atoms with Crippen molar-refractivity contribution in [3.8, 4) is 11.8 Å². The third-order valence-electron chi connectivity index (χ3n) is 3.16. The van der Waals surface area contributed by atoms with Crippen LogP contribution in [0.3, 0.4) is 0 Å². The fourth-order valence-electron chi connectivity index (χ4n) is 2.04. The molecule has 0 aliphatic rings. The minimum Gasteiger partial charge on any atom is -0.336 e. The molecular weight excluding hydrogens is 258 g/mol. The van der Waals surface area contributed by atoms with Crippen molar-refractivity contribution in [2.45, 2.75) is 39.2 Å². The molecule has 0 fully saturated rings. The molecule has 0 N–H and O–H groups in total. The van der Waals surface area contributed by atoms with Crippen LogP contribution in [0.5, 0.6) is 0 Å². The summed E-state index contributed by atoms with van der Waals surface area (Å²) in [7, 11) is 0. The highest BCUT2D eigenvalue weighted by atomic mass is 15.0. The Labute approximate surface area is 126 Å². The van der Waals surface area contributed by atoms with E-state index < -0.39 is 0 Å². The molecule has 0 saturated carbocycles. The van der Waals surface area contributed by atoms with Crippen LogP contribution >= 0.6 is 0 Å². The van der Waals surface area contributed by atoms with Crippen LogP contribution in [0.1, 0.15) is 43.1 Å². The number of pyridine rings is 1. The lowest BCUT2D eigenvalue weighted by atomic mass is 10.2. The summed E-state index contributed by atoms with van der Waals surface area (Å²) < 4.78 is 2.11. The van der Waals surface area contributed by atoms with Gasteiger partial charge in [-0.2, -0.15) is 0 Å². The maximum absolute atomic E-state index is 4.33. The summed E-state index contributed by atoms with van der Waals surface area (Å²) in [6.07, 6.45) is 11.9. The van der Waals surface area contributed by atoms with Crippen LogP contribution in [0.2, 0.25) is 0 Å². The predicted molar refractivity (Wildman–Crippen MR) is 85.9 cm³/mol. The van der Waals surface area contributed by atoms with Gasteiger partial charge in [0.1, 0.15) is 5.69 Å². The summed E-state index contributed by atoms with van der Waals surface area (Å²) in [5, 5.41) is 0. The van der Waals surface area contributed by atoms with Crippen molar-refractivity contribution < 1.29 is 0 Å². The molecule has 0 aliphatic heterocycles. The monoisotopic (exact) mass is 279 g/mol. The topological polar surface area (TPSA) is 30.7 Å². The number of nitrogens with zero attached hydrogens (tertiary/aromatic N) is 3. The fourth-order valence-corrected chi connectivity index (χ4v) is 2.04. The van der Waals surface area contributed by atoms with Gasteiger partial charge in [0.15, 0.2) is 0 Å². The van der Waals surface area contributed by atoms with Gasteiger partial charge in [-0.1, -0.05) is 31.8 Å². The smallest absolute Gasteiger partial charge is 0.131 e. The number of aryl methyl sites for hydroxylation is 1. The van der Waals surface area contributed by atoms with E-state index in [1.54, 1.807) is 6.20 Å². The third kappa shape index (κ3) is 4.92. The first-order chi connectivity index (χ1) is 10.3. The number of hydrogen-bond acceptors (Lipinski definition) is 2. The molecule has 0 unspecified atom stereocenters. The average molecular weight is 279 g/mol. The van der Waals surface area contributed by atoms with E-state index in [0.717, 1.165) is 29.9 Å². The van der Waals surface area contributed by atoms with Gasteiger partial charge >= 0.3 is 0 Å². The maximum atomic E-state index is 4.33. The highest BCUT2D eigenvalue weighted by Crippen LogP contribution is 2.03. The van der Waals surface area contributed by atoms with Crippen LogP contribution in [0.4, 0.5) is 0 Å². The summed E-state index contributed by atoms with van der Waals surface area (Å²) in [5.41, 5.74) is 2.76. The number of allylic oxidation sites excluding steroid dienone is 1. The van der Waals surface area contributed by atoms with E-state index in [2.05, 4.69) is 39.9 Å². The van der Waals surface area contributed by atoms with Crippen molar-refractivity contribution in [2.24, 2.45) is 0 Å². The molecule has 0 atom stereocenters. The van der Waals surface area contributed by atoms with Crippen LogP contribution in [-0.2, 0) is 13.0 Å². The zero-order valence-corrected chi connectivity index (χ0v) is 12.5. The van der Waals surface area contributed by atoms with Crippen LogP contribution in [0.15, 0.2) is 43.5 Å². The zero-order valence-electron chi connectivity index (χ0n) is 12.5. The van der Waals surface area contributed by atoms with E-state index in [4.69, 9.17) is 0 Å². The second-order valence-electron chi connectivity index (χ2n) is 4.98. The van der Waals surface area contributed by atoms with Crippen LogP contribution in [0.25, 0.3) is 0 Å². The first kappa shape index (κ1) is 15.1. The van der Waals surface area contributed by atoms with Crippen molar-refractivity contribution in [1.29, 1.82) is 0 Å². The fraction of sp³-hybridized carbons (Fsp3) is 0.333. The Hall–Kier alpha value is -2.34. The SMILES string of the molecule is C=CCc1cc(C#Cc2cn(CCCCC)cn2)ccn1. The van der Waals surface area contributed by atoms with Crippen molar-refractivity contribution in [3.63, 3.8) is 0 Å². The second kappa shape index (κ2) is 8.06. The molecule has 3 nitrogen and oxygen atoms in total. The van der Waals surface area contributed by atoms with E-state index in [-0.39, 0.29) is 0 Å². The molecule has 0 aliphatic carbocycles. The first-order valence-corrected chi connectivity index (χ1v) is 7.41. The van der Waals surface area contributed by atoms with Gasteiger partial charge < -0.3 is 4.57 Å². The molecule has 0 spiro atoms. The van der Waals surface area contributed by atoms with Crippen molar-refractivity contribution in [2.75, 3.05) is 0 Å². The normalized spacial score (nSPS) is 9.95. The summed E-state index contributed by atoms with van der Waals surface area (Å²) in [4.78, 5) is 8.60. The highest BCUT2D eigenvalue weighted by molar-refractivity contribution is 5.39. The van der Waals surface area contributed by atoms with Gasteiger partial charge in [0.2, 0.25) is 0 Å². The Morgan fingerprint density at radius 2 is 2.19 bits per heavy atom. The Bertz CT molecular complexity index is 644. The molecule has 0 aromatic carbocycles. The van der Waals surface area contributed by atoms with E-state index in [1.807, 2.05) is 30.7 Å². The largest absolute Gasteiger partial charge is 0.336 e. The molecule has 2 aromatic rings. The van der Waals surface area contributed by atoms with Gasteiger partial charge in [-0.05, 0) is 24.5 Å². The average Bonchev–Trinajstić information content (AvgIpc) is 2.94. The summed E-state index contributed by atoms with van der Waals surface area (Å²) in [6.45, 7) is 6.95. The van der Waals surface area contributed by atoms with Crippen molar-refractivity contribution in [3.05, 3.63) is 60.5 Å². The summed E-state index contributed by atoms with van der Waals surface area (Å²) >= 11 is 0. The molecule has 2 aromatic heterocycles. The van der Waals surface area contributed by atoms with E-state index in [0.29, 0.717) is 0 Å². The lowest BCUT2D eigenvalue weighted by Crippen LogP contribution is -1.93. The minimum absolute atomic E-state index is 0.765. The molecule has 108 valence electrons. The lowest BCUT2D eigenvalue weighted by molar-refractivity contribution is 0.602. The van der Waals surface area contributed by atoms with E-state index in [1.165, 1.54) is 19.3 Å². The molecule has 2 rings (SSSR count). The molecule has 2 heterocycles. The predicted octanol–water partition coefficient (Wildman–Crippen LogP) is 3.60. The second-order valence-corrected chi connectivity index (χ2v) is 4.98. The van der Waals surface area contributed by atoms with E-state index >= 15 is 0 Å².